The van der Waals surface area contributed by atoms with E-state index in [1.54, 1.807) is 19.1 Å². The van der Waals surface area contributed by atoms with Crippen LogP contribution in [0.4, 0.5) is 5.69 Å². The SMILES string of the molecule is COc1ccc(N(CC(N)=O)S(=O)(=O)c2cc(C)ccc2OC)cc1Cl. The van der Waals surface area contributed by atoms with E-state index in [9.17, 15) is 13.2 Å². The Kier molecular flexibility index (Phi) is 5.99. The maximum Gasteiger partial charge on any atom is 0.268 e. The summed E-state index contributed by atoms with van der Waals surface area (Å²) < 4.78 is 37.6. The quantitative estimate of drug-likeness (QED) is 0.771. The summed E-state index contributed by atoms with van der Waals surface area (Å²) in [6, 6.07) is 9.12. The number of sulfonamides is 1. The van der Waals surface area contributed by atoms with Crippen LogP contribution in [0.3, 0.4) is 0 Å². The smallest absolute Gasteiger partial charge is 0.268 e. The second-order valence-electron chi connectivity index (χ2n) is 5.45. The van der Waals surface area contributed by atoms with Crippen molar-refractivity contribution < 1.29 is 22.7 Å². The molecular formula is C17H19ClN2O5S. The molecule has 9 heteroatoms. The molecule has 1 amide bonds. The number of nitrogens with zero attached hydrogens (tertiary/aromatic N) is 1. The van der Waals surface area contributed by atoms with Gasteiger partial charge in [0.15, 0.2) is 0 Å². The summed E-state index contributed by atoms with van der Waals surface area (Å²) in [6.45, 7) is 1.20. The van der Waals surface area contributed by atoms with Crippen molar-refractivity contribution in [3.8, 4) is 11.5 Å². The first-order valence-corrected chi connectivity index (χ1v) is 9.31. The van der Waals surface area contributed by atoms with Gasteiger partial charge >= 0.3 is 0 Å². The van der Waals surface area contributed by atoms with Crippen molar-refractivity contribution in [2.24, 2.45) is 5.73 Å². The maximum absolute atomic E-state index is 13.2. The van der Waals surface area contributed by atoms with Gasteiger partial charge in [-0.25, -0.2) is 8.42 Å². The normalized spacial score (nSPS) is 11.1. The molecule has 2 N–H and O–H groups in total. The molecule has 0 aliphatic heterocycles. The molecule has 26 heavy (non-hydrogen) atoms. The van der Waals surface area contributed by atoms with Gasteiger partial charge in [0, 0.05) is 0 Å². The van der Waals surface area contributed by atoms with Crippen LogP contribution in [-0.4, -0.2) is 35.1 Å². The van der Waals surface area contributed by atoms with Crippen LogP contribution in [0.2, 0.25) is 5.02 Å². The van der Waals surface area contributed by atoms with Crippen molar-refractivity contribution >= 4 is 33.2 Å². The molecule has 2 rings (SSSR count). The number of primary amides is 1. The number of halogens is 1. The number of methoxy groups -OCH3 is 2. The van der Waals surface area contributed by atoms with Crippen LogP contribution >= 0.6 is 11.6 Å². The minimum Gasteiger partial charge on any atom is -0.495 e. The molecule has 2 aromatic rings. The van der Waals surface area contributed by atoms with Gasteiger partial charge in [-0.1, -0.05) is 17.7 Å². The van der Waals surface area contributed by atoms with Crippen LogP contribution in [0.1, 0.15) is 5.56 Å². The molecule has 0 saturated carbocycles. The van der Waals surface area contributed by atoms with Crippen LogP contribution in [0, 0.1) is 6.92 Å². The molecule has 0 bridgehead atoms. The molecular weight excluding hydrogens is 380 g/mol. The fraction of sp³-hybridized carbons (Fsp3) is 0.235. The molecule has 0 radical (unpaired) electrons. The third-order valence-corrected chi connectivity index (χ3v) is 5.70. The number of carbonyl (C=O) groups excluding carboxylic acids is 1. The number of hydrogen-bond donors (Lipinski definition) is 1. The Morgan fingerprint density at radius 2 is 1.73 bits per heavy atom. The van der Waals surface area contributed by atoms with Gasteiger partial charge in [-0.3, -0.25) is 9.10 Å². The highest BCUT2D eigenvalue weighted by Gasteiger charge is 2.30. The number of nitrogens with two attached hydrogens (primary N) is 1. The van der Waals surface area contributed by atoms with Crippen LogP contribution in [0.25, 0.3) is 0 Å². The van der Waals surface area contributed by atoms with Crippen molar-refractivity contribution in [3.63, 3.8) is 0 Å². The summed E-state index contributed by atoms with van der Waals surface area (Å²) in [5, 5.41) is 0.200. The fourth-order valence-electron chi connectivity index (χ4n) is 2.37. The van der Waals surface area contributed by atoms with Gasteiger partial charge < -0.3 is 15.2 Å². The van der Waals surface area contributed by atoms with E-state index in [0.29, 0.717) is 5.75 Å². The second-order valence-corrected chi connectivity index (χ2v) is 7.69. The number of benzene rings is 2. The van der Waals surface area contributed by atoms with E-state index in [2.05, 4.69) is 0 Å². The summed E-state index contributed by atoms with van der Waals surface area (Å²) in [5.74, 6) is -0.281. The van der Waals surface area contributed by atoms with Crippen molar-refractivity contribution in [1.29, 1.82) is 0 Å². The van der Waals surface area contributed by atoms with Gasteiger partial charge in [-0.05, 0) is 42.8 Å². The Morgan fingerprint density at radius 1 is 1.12 bits per heavy atom. The summed E-state index contributed by atoms with van der Waals surface area (Å²) in [5.41, 5.74) is 6.16. The van der Waals surface area contributed by atoms with E-state index in [4.69, 9.17) is 26.8 Å². The van der Waals surface area contributed by atoms with Crippen LogP contribution in [-0.2, 0) is 14.8 Å². The van der Waals surface area contributed by atoms with Gasteiger partial charge in [0.1, 0.15) is 22.9 Å². The van der Waals surface area contributed by atoms with Gasteiger partial charge in [-0.15, -0.1) is 0 Å². The lowest BCUT2D eigenvalue weighted by Crippen LogP contribution is -2.38. The van der Waals surface area contributed by atoms with Gasteiger partial charge in [0.05, 0.1) is 24.9 Å². The number of amides is 1. The zero-order valence-corrected chi connectivity index (χ0v) is 16.1. The average Bonchev–Trinajstić information content (AvgIpc) is 2.59. The fourth-order valence-corrected chi connectivity index (χ4v) is 4.29. The first-order chi connectivity index (χ1) is 12.2. The molecule has 0 atom stereocenters. The molecule has 0 aromatic heterocycles. The Hall–Kier alpha value is -2.45. The number of hydrogen-bond acceptors (Lipinski definition) is 5. The Morgan fingerprint density at radius 3 is 2.27 bits per heavy atom. The molecule has 140 valence electrons. The lowest BCUT2D eigenvalue weighted by molar-refractivity contribution is -0.116. The second kappa shape index (κ2) is 7.84. The first-order valence-electron chi connectivity index (χ1n) is 7.50. The number of aryl methyl sites for hydroxylation is 1. The highest BCUT2D eigenvalue weighted by Crippen LogP contribution is 2.34. The van der Waals surface area contributed by atoms with Crippen LogP contribution in [0.5, 0.6) is 11.5 Å². The predicted octanol–water partition coefficient (Wildman–Crippen LogP) is 2.35. The molecule has 2 aromatic carbocycles. The highest BCUT2D eigenvalue weighted by molar-refractivity contribution is 7.93. The topological polar surface area (TPSA) is 98.9 Å². The van der Waals surface area contributed by atoms with E-state index in [0.717, 1.165) is 9.87 Å². The number of rotatable bonds is 7. The Bertz CT molecular complexity index is 931. The van der Waals surface area contributed by atoms with Crippen LogP contribution < -0.4 is 19.5 Å². The monoisotopic (exact) mass is 398 g/mol. The number of ether oxygens (including phenoxy) is 2. The van der Waals surface area contributed by atoms with E-state index in [1.807, 2.05) is 0 Å². The molecule has 0 unspecified atom stereocenters. The van der Waals surface area contributed by atoms with Crippen molar-refractivity contribution in [2.75, 3.05) is 25.1 Å². The first kappa shape index (κ1) is 19.9. The van der Waals surface area contributed by atoms with E-state index in [1.165, 1.54) is 38.5 Å². The summed E-state index contributed by atoms with van der Waals surface area (Å²) in [7, 11) is -1.33. The van der Waals surface area contributed by atoms with Gasteiger partial charge in [-0.2, -0.15) is 0 Å². The average molecular weight is 399 g/mol. The number of carbonyl (C=O) groups is 1. The Labute approximate surface area is 157 Å². The molecule has 7 nitrogen and oxygen atoms in total. The number of anilines is 1. The minimum atomic E-state index is -4.14. The molecule has 0 saturated heterocycles. The van der Waals surface area contributed by atoms with E-state index < -0.39 is 22.5 Å². The third kappa shape index (κ3) is 4.03. The van der Waals surface area contributed by atoms with Gasteiger partial charge in [0.25, 0.3) is 10.0 Å². The standard InChI is InChI=1S/C17H19ClN2O5S/c1-11-4-6-15(25-3)16(8-11)26(22,23)20(10-17(19)21)12-5-7-14(24-2)13(18)9-12/h4-9H,10H2,1-3H3,(H2,19,21). The third-order valence-electron chi connectivity index (χ3n) is 3.61. The zero-order valence-electron chi connectivity index (χ0n) is 14.5. The summed E-state index contributed by atoms with van der Waals surface area (Å²) >= 11 is 6.10. The molecule has 0 spiro atoms. The lowest BCUT2D eigenvalue weighted by atomic mass is 10.2. The molecule has 0 aliphatic rings. The maximum atomic E-state index is 13.2. The lowest BCUT2D eigenvalue weighted by Gasteiger charge is -2.24. The van der Waals surface area contributed by atoms with Crippen molar-refractivity contribution in [2.45, 2.75) is 11.8 Å². The van der Waals surface area contributed by atoms with E-state index >= 15 is 0 Å². The summed E-state index contributed by atoms with van der Waals surface area (Å²) in [6.07, 6.45) is 0. The van der Waals surface area contributed by atoms with Gasteiger partial charge in [0.2, 0.25) is 5.91 Å². The van der Waals surface area contributed by atoms with Crippen LogP contribution in [0.15, 0.2) is 41.3 Å². The molecule has 0 heterocycles. The van der Waals surface area contributed by atoms with Crippen molar-refractivity contribution in [3.05, 3.63) is 47.0 Å². The summed E-state index contributed by atoms with van der Waals surface area (Å²) in [4.78, 5) is 11.4. The zero-order chi connectivity index (χ0) is 19.5. The molecule has 0 fully saturated rings. The van der Waals surface area contributed by atoms with E-state index in [-0.39, 0.29) is 21.4 Å². The largest absolute Gasteiger partial charge is 0.495 e. The predicted molar refractivity (Wildman–Crippen MR) is 99.5 cm³/mol. The Balaban J connectivity index is 2.64. The van der Waals surface area contributed by atoms with Crippen molar-refractivity contribution in [1.82, 2.24) is 0 Å². The highest BCUT2D eigenvalue weighted by atomic mass is 35.5. The molecule has 0 aliphatic carbocycles. The minimum absolute atomic E-state index is 0.0757.